The number of ether oxygens (including phenoxy) is 1. The van der Waals surface area contributed by atoms with Crippen LogP contribution in [0.2, 0.25) is 0 Å². The van der Waals surface area contributed by atoms with Gasteiger partial charge in [0.15, 0.2) is 0 Å². The SMILES string of the molecule is Cc1cc(Br)ccc1N(C)C(=O)c1ccc(S(=O)(=O)N2CCOCC2)cc1. The molecule has 1 saturated heterocycles. The zero-order chi connectivity index (χ0) is 19.6. The van der Waals surface area contributed by atoms with E-state index < -0.39 is 10.0 Å². The maximum absolute atomic E-state index is 12.8. The lowest BCUT2D eigenvalue weighted by Gasteiger charge is -2.26. The molecular formula is C19H21BrN2O4S. The summed E-state index contributed by atoms with van der Waals surface area (Å²) in [4.78, 5) is 14.5. The third kappa shape index (κ3) is 4.24. The zero-order valence-corrected chi connectivity index (χ0v) is 17.6. The molecule has 0 unspecified atom stereocenters. The Balaban J connectivity index is 1.81. The Labute approximate surface area is 167 Å². The second kappa shape index (κ2) is 8.10. The average molecular weight is 453 g/mol. The first-order chi connectivity index (χ1) is 12.8. The summed E-state index contributed by atoms with van der Waals surface area (Å²) in [6.45, 7) is 3.41. The van der Waals surface area contributed by atoms with Crippen LogP contribution in [0.15, 0.2) is 51.8 Å². The Morgan fingerprint density at radius 2 is 1.74 bits per heavy atom. The summed E-state index contributed by atoms with van der Waals surface area (Å²) in [6, 6.07) is 11.8. The molecule has 144 valence electrons. The third-order valence-electron chi connectivity index (χ3n) is 4.53. The molecule has 1 heterocycles. The molecule has 0 saturated carbocycles. The van der Waals surface area contributed by atoms with E-state index in [1.165, 1.54) is 16.4 Å². The van der Waals surface area contributed by atoms with Crippen molar-refractivity contribution in [3.05, 3.63) is 58.1 Å². The number of hydrogen-bond donors (Lipinski definition) is 0. The van der Waals surface area contributed by atoms with Crippen LogP contribution in [-0.4, -0.2) is 52.0 Å². The second-order valence-corrected chi connectivity index (χ2v) is 9.19. The molecule has 1 aliphatic heterocycles. The third-order valence-corrected chi connectivity index (χ3v) is 6.94. The lowest BCUT2D eigenvalue weighted by molar-refractivity contribution is 0.0730. The smallest absolute Gasteiger partial charge is 0.258 e. The van der Waals surface area contributed by atoms with Crippen molar-refractivity contribution in [3.8, 4) is 0 Å². The van der Waals surface area contributed by atoms with Gasteiger partial charge in [0.25, 0.3) is 5.91 Å². The van der Waals surface area contributed by atoms with Crippen LogP contribution in [-0.2, 0) is 14.8 Å². The van der Waals surface area contributed by atoms with Gasteiger partial charge in [0.1, 0.15) is 0 Å². The molecule has 2 aromatic carbocycles. The van der Waals surface area contributed by atoms with E-state index in [2.05, 4.69) is 15.9 Å². The van der Waals surface area contributed by atoms with Gasteiger partial charge in [0.05, 0.1) is 18.1 Å². The monoisotopic (exact) mass is 452 g/mol. The van der Waals surface area contributed by atoms with E-state index in [1.54, 1.807) is 24.1 Å². The topological polar surface area (TPSA) is 66.9 Å². The molecule has 27 heavy (non-hydrogen) atoms. The van der Waals surface area contributed by atoms with Crippen molar-refractivity contribution in [1.29, 1.82) is 0 Å². The first kappa shape index (κ1) is 20.0. The molecule has 3 rings (SSSR count). The number of sulfonamides is 1. The average Bonchev–Trinajstić information content (AvgIpc) is 2.68. The molecule has 0 radical (unpaired) electrons. The molecule has 8 heteroatoms. The number of aryl methyl sites for hydroxylation is 1. The van der Waals surface area contributed by atoms with Gasteiger partial charge in [-0.1, -0.05) is 15.9 Å². The lowest BCUT2D eigenvalue weighted by atomic mass is 10.1. The van der Waals surface area contributed by atoms with E-state index >= 15 is 0 Å². The molecule has 1 aliphatic rings. The van der Waals surface area contributed by atoms with Crippen molar-refractivity contribution in [3.63, 3.8) is 0 Å². The van der Waals surface area contributed by atoms with E-state index in [-0.39, 0.29) is 10.8 Å². The number of nitrogens with zero attached hydrogens (tertiary/aromatic N) is 2. The van der Waals surface area contributed by atoms with Gasteiger partial charge >= 0.3 is 0 Å². The minimum Gasteiger partial charge on any atom is -0.379 e. The highest BCUT2D eigenvalue weighted by atomic mass is 79.9. The quantitative estimate of drug-likeness (QED) is 0.714. The van der Waals surface area contributed by atoms with E-state index in [1.807, 2.05) is 25.1 Å². The molecule has 0 aliphatic carbocycles. The highest BCUT2D eigenvalue weighted by Gasteiger charge is 2.26. The van der Waals surface area contributed by atoms with Crippen molar-refractivity contribution in [2.24, 2.45) is 0 Å². The Morgan fingerprint density at radius 1 is 1.11 bits per heavy atom. The minimum absolute atomic E-state index is 0.184. The number of amides is 1. The fraction of sp³-hybridized carbons (Fsp3) is 0.316. The van der Waals surface area contributed by atoms with Crippen LogP contribution in [0.1, 0.15) is 15.9 Å². The van der Waals surface area contributed by atoms with E-state index in [0.717, 1.165) is 15.7 Å². The summed E-state index contributed by atoms with van der Waals surface area (Å²) in [5, 5.41) is 0. The first-order valence-electron chi connectivity index (χ1n) is 8.53. The molecule has 0 atom stereocenters. The van der Waals surface area contributed by atoms with Crippen LogP contribution in [0.25, 0.3) is 0 Å². The van der Waals surface area contributed by atoms with E-state index in [0.29, 0.717) is 31.9 Å². The van der Waals surface area contributed by atoms with Crippen molar-refractivity contribution >= 4 is 37.5 Å². The fourth-order valence-electron chi connectivity index (χ4n) is 3.00. The van der Waals surface area contributed by atoms with Gasteiger partial charge in [-0.3, -0.25) is 4.79 Å². The Bertz CT molecular complexity index is 939. The summed E-state index contributed by atoms with van der Waals surface area (Å²) in [5.41, 5.74) is 2.20. The summed E-state index contributed by atoms with van der Waals surface area (Å²) >= 11 is 3.41. The van der Waals surface area contributed by atoms with Gasteiger partial charge in [-0.25, -0.2) is 8.42 Å². The highest BCUT2D eigenvalue weighted by Crippen LogP contribution is 2.25. The zero-order valence-electron chi connectivity index (χ0n) is 15.2. The van der Waals surface area contributed by atoms with E-state index in [4.69, 9.17) is 4.74 Å². The highest BCUT2D eigenvalue weighted by molar-refractivity contribution is 9.10. The molecular weight excluding hydrogens is 432 g/mol. The Hall–Kier alpha value is -1.74. The van der Waals surface area contributed by atoms with Gasteiger partial charge in [0.2, 0.25) is 10.0 Å². The maximum atomic E-state index is 12.8. The number of rotatable bonds is 4. The van der Waals surface area contributed by atoms with Gasteiger partial charge in [-0.05, 0) is 55.0 Å². The number of carbonyl (C=O) groups excluding carboxylic acids is 1. The maximum Gasteiger partial charge on any atom is 0.258 e. The van der Waals surface area contributed by atoms with Crippen molar-refractivity contribution < 1.29 is 17.9 Å². The van der Waals surface area contributed by atoms with Crippen molar-refractivity contribution in [1.82, 2.24) is 4.31 Å². The first-order valence-corrected chi connectivity index (χ1v) is 10.8. The van der Waals surface area contributed by atoms with Crippen LogP contribution in [0, 0.1) is 6.92 Å². The standard InChI is InChI=1S/C19H21BrN2O4S/c1-14-13-16(20)5-8-18(14)21(2)19(23)15-3-6-17(7-4-15)27(24,25)22-9-11-26-12-10-22/h3-8,13H,9-12H2,1-2H3. The fourth-order valence-corrected chi connectivity index (χ4v) is 4.89. The predicted octanol–water partition coefficient (Wildman–Crippen LogP) is 3.06. The molecule has 1 amide bonds. The molecule has 0 bridgehead atoms. The molecule has 0 spiro atoms. The summed E-state index contributed by atoms with van der Waals surface area (Å²) in [5.74, 6) is -0.198. The number of morpholine rings is 1. The van der Waals surface area contributed by atoms with Crippen LogP contribution in [0.4, 0.5) is 5.69 Å². The second-order valence-electron chi connectivity index (χ2n) is 6.34. The van der Waals surface area contributed by atoms with Crippen LogP contribution in [0.3, 0.4) is 0 Å². The predicted molar refractivity (Wildman–Crippen MR) is 108 cm³/mol. The van der Waals surface area contributed by atoms with Gasteiger partial charge in [0, 0.05) is 35.9 Å². The number of benzene rings is 2. The number of anilines is 1. The normalized spacial score (nSPS) is 15.5. The minimum atomic E-state index is -3.57. The van der Waals surface area contributed by atoms with E-state index in [9.17, 15) is 13.2 Å². The Morgan fingerprint density at radius 3 is 2.33 bits per heavy atom. The Kier molecular flexibility index (Phi) is 6.00. The van der Waals surface area contributed by atoms with Gasteiger partial charge in [-0.15, -0.1) is 0 Å². The summed E-state index contributed by atoms with van der Waals surface area (Å²) in [7, 11) is -1.86. The lowest BCUT2D eigenvalue weighted by Crippen LogP contribution is -2.40. The van der Waals surface area contributed by atoms with Gasteiger partial charge in [-0.2, -0.15) is 4.31 Å². The molecule has 0 N–H and O–H groups in total. The molecule has 2 aromatic rings. The van der Waals surface area contributed by atoms with Crippen LogP contribution in [0.5, 0.6) is 0 Å². The molecule has 6 nitrogen and oxygen atoms in total. The number of halogens is 1. The van der Waals surface area contributed by atoms with Gasteiger partial charge < -0.3 is 9.64 Å². The number of carbonyl (C=O) groups is 1. The van der Waals surface area contributed by atoms with Crippen molar-refractivity contribution in [2.75, 3.05) is 38.3 Å². The summed E-state index contributed by atoms with van der Waals surface area (Å²) in [6.07, 6.45) is 0. The molecule has 0 aromatic heterocycles. The summed E-state index contributed by atoms with van der Waals surface area (Å²) < 4.78 is 32.9. The number of hydrogen-bond acceptors (Lipinski definition) is 4. The molecule has 1 fully saturated rings. The van der Waals surface area contributed by atoms with Crippen molar-refractivity contribution in [2.45, 2.75) is 11.8 Å². The van der Waals surface area contributed by atoms with Crippen LogP contribution < -0.4 is 4.90 Å². The van der Waals surface area contributed by atoms with Crippen LogP contribution >= 0.6 is 15.9 Å². The largest absolute Gasteiger partial charge is 0.379 e.